The predicted molar refractivity (Wildman–Crippen MR) is 119 cm³/mol. The molecule has 0 saturated carbocycles. The minimum absolute atomic E-state index is 0.0430. The van der Waals surface area contributed by atoms with Gasteiger partial charge in [0.1, 0.15) is 12.0 Å². The normalized spacial score (nSPS) is 18.7. The van der Waals surface area contributed by atoms with Gasteiger partial charge in [-0.05, 0) is 74.5 Å². The smallest absolute Gasteiger partial charge is 0.144 e. The van der Waals surface area contributed by atoms with Crippen molar-refractivity contribution in [3.63, 3.8) is 0 Å². The third-order valence-electron chi connectivity index (χ3n) is 4.33. The van der Waals surface area contributed by atoms with Crippen LogP contribution in [0.25, 0.3) is 15.9 Å². The highest BCUT2D eigenvalue weighted by atomic mass is 79.9. The summed E-state index contributed by atoms with van der Waals surface area (Å²) in [4.78, 5) is 5.92. The van der Waals surface area contributed by atoms with Crippen LogP contribution < -0.4 is 11.2 Å². The van der Waals surface area contributed by atoms with Crippen LogP contribution in [0.15, 0.2) is 22.7 Å². The molecule has 1 saturated heterocycles. The number of nitrogens with one attached hydrogen (secondary N) is 1. The zero-order valence-electron chi connectivity index (χ0n) is 16.5. The van der Waals surface area contributed by atoms with E-state index in [0.29, 0.717) is 0 Å². The van der Waals surface area contributed by atoms with Crippen molar-refractivity contribution in [3.8, 4) is 0 Å². The molecule has 1 unspecified atom stereocenters. The molecular weight excluding hydrogens is 424 g/mol. The van der Waals surface area contributed by atoms with Gasteiger partial charge >= 0.3 is 0 Å². The molecule has 3 heterocycles. The maximum absolute atomic E-state index is 6.49. The van der Waals surface area contributed by atoms with Gasteiger partial charge in [-0.2, -0.15) is 0 Å². The summed E-state index contributed by atoms with van der Waals surface area (Å²) in [5.74, 6) is 7.35. The van der Waals surface area contributed by atoms with Gasteiger partial charge in [0.2, 0.25) is 0 Å². The first-order chi connectivity index (χ1) is 12.8. The van der Waals surface area contributed by atoms with E-state index in [2.05, 4.69) is 61.1 Å². The molecule has 0 aliphatic carbocycles. The number of hydrogen-bond acceptors (Lipinski definition) is 6. The van der Waals surface area contributed by atoms with Gasteiger partial charge in [-0.15, -0.1) is 11.3 Å². The van der Waals surface area contributed by atoms with Gasteiger partial charge < -0.3 is 10.1 Å². The third-order valence-corrected chi connectivity index (χ3v) is 6.40. The number of hydrazine groups is 1. The summed E-state index contributed by atoms with van der Waals surface area (Å²) in [6, 6.07) is 4.17. The number of rotatable bonds is 5. The van der Waals surface area contributed by atoms with Crippen LogP contribution in [0.4, 0.5) is 5.82 Å². The van der Waals surface area contributed by atoms with E-state index in [4.69, 9.17) is 15.6 Å². The van der Waals surface area contributed by atoms with Gasteiger partial charge in [0.05, 0.1) is 20.8 Å². The molecule has 3 rings (SSSR count). The summed E-state index contributed by atoms with van der Waals surface area (Å²) in [5.41, 5.74) is 1.94. The van der Waals surface area contributed by atoms with Crippen LogP contribution >= 0.6 is 27.3 Å². The molecule has 0 radical (unpaired) electrons. The summed E-state index contributed by atoms with van der Waals surface area (Å²) in [7, 11) is 0. The second kappa shape index (κ2) is 8.47. The van der Waals surface area contributed by atoms with Crippen molar-refractivity contribution in [2.45, 2.75) is 65.1 Å². The van der Waals surface area contributed by atoms with Gasteiger partial charge in [0.15, 0.2) is 0 Å². The maximum atomic E-state index is 6.49. The first-order valence-electron chi connectivity index (χ1n) is 9.53. The van der Waals surface area contributed by atoms with Crippen molar-refractivity contribution in [3.05, 3.63) is 27.6 Å². The lowest BCUT2D eigenvalue weighted by Gasteiger charge is -2.33. The number of pyridine rings is 1. The first-order valence-corrected chi connectivity index (χ1v) is 11.1. The molecule has 5 nitrogen and oxygen atoms in total. The summed E-state index contributed by atoms with van der Waals surface area (Å²) >= 11 is 5.42. The molecule has 1 aliphatic heterocycles. The van der Waals surface area contributed by atoms with Crippen LogP contribution in [0.5, 0.6) is 0 Å². The Bertz CT molecular complexity index is 821. The highest BCUT2D eigenvalue weighted by Gasteiger charge is 2.24. The van der Waals surface area contributed by atoms with Crippen molar-refractivity contribution in [2.75, 3.05) is 11.9 Å². The van der Waals surface area contributed by atoms with Gasteiger partial charge in [0, 0.05) is 16.6 Å². The second-order valence-electron chi connectivity index (χ2n) is 7.92. The molecule has 0 spiro atoms. The Labute approximate surface area is 174 Å². The topological polar surface area (TPSA) is 63.4 Å². The zero-order chi connectivity index (χ0) is 19.6. The van der Waals surface area contributed by atoms with Gasteiger partial charge in [-0.3, -0.25) is 5.01 Å². The van der Waals surface area contributed by atoms with Crippen LogP contribution in [0, 0.1) is 0 Å². The number of ether oxygens (including phenoxy) is 1. The van der Waals surface area contributed by atoms with E-state index >= 15 is 0 Å². The van der Waals surface area contributed by atoms with E-state index in [1.165, 1.54) is 0 Å². The number of fused-ring (bicyclic) bond motifs is 1. The molecule has 2 aromatic heterocycles. The Balaban J connectivity index is 1.95. The molecule has 7 heteroatoms. The SMILES string of the molecule is CC/C=C(/c1cc2nc(NC(C)(C)C)cc(Br)c2s1)N(N)C1CCCCO1. The van der Waals surface area contributed by atoms with Crippen molar-refractivity contribution >= 4 is 49.0 Å². The summed E-state index contributed by atoms with van der Waals surface area (Å²) in [6.45, 7) is 9.29. The van der Waals surface area contributed by atoms with E-state index in [-0.39, 0.29) is 11.8 Å². The number of hydrogen-bond donors (Lipinski definition) is 2. The van der Waals surface area contributed by atoms with Gasteiger partial charge in [-0.25, -0.2) is 10.8 Å². The standard InChI is InChI=1S/C20H29BrN4OS/c1-5-8-15(25(22)18-9-6-7-10-26-18)16-12-14-19(27-16)13(21)11-17(23-14)24-20(2,3)4/h8,11-12,18H,5-7,9-10,22H2,1-4H3,(H,23,24)/b15-8-. The van der Waals surface area contributed by atoms with E-state index < -0.39 is 0 Å². The summed E-state index contributed by atoms with van der Waals surface area (Å²) < 4.78 is 8.06. The average molecular weight is 453 g/mol. The van der Waals surface area contributed by atoms with Crippen LogP contribution in [0.1, 0.15) is 58.3 Å². The van der Waals surface area contributed by atoms with E-state index in [0.717, 1.165) is 63.4 Å². The molecular formula is C20H29BrN4OS. The Morgan fingerprint density at radius 3 is 2.85 bits per heavy atom. The number of nitrogens with zero attached hydrogens (tertiary/aromatic N) is 2. The van der Waals surface area contributed by atoms with Gasteiger partial charge in [-0.1, -0.05) is 13.0 Å². The molecule has 1 aliphatic rings. The fourth-order valence-electron chi connectivity index (χ4n) is 3.18. The van der Waals surface area contributed by atoms with Crippen molar-refractivity contribution in [1.82, 2.24) is 9.99 Å². The molecule has 0 amide bonds. The third kappa shape index (κ3) is 5.02. The van der Waals surface area contributed by atoms with Crippen LogP contribution in [-0.2, 0) is 4.74 Å². The number of anilines is 1. The fourth-order valence-corrected chi connectivity index (χ4v) is 4.89. The van der Waals surface area contributed by atoms with Crippen LogP contribution in [0.2, 0.25) is 0 Å². The van der Waals surface area contributed by atoms with Crippen molar-refractivity contribution in [1.29, 1.82) is 0 Å². The number of aromatic nitrogens is 1. The lowest BCUT2D eigenvalue weighted by Crippen LogP contribution is -2.42. The molecule has 3 N–H and O–H groups in total. The molecule has 148 valence electrons. The number of nitrogens with two attached hydrogens (primary N) is 1. The summed E-state index contributed by atoms with van der Waals surface area (Å²) in [5, 5.41) is 5.25. The quantitative estimate of drug-likeness (QED) is 0.448. The Morgan fingerprint density at radius 1 is 1.44 bits per heavy atom. The fraction of sp³-hybridized carbons (Fsp3) is 0.550. The Kier molecular flexibility index (Phi) is 6.46. The van der Waals surface area contributed by atoms with E-state index in [1.807, 2.05) is 6.07 Å². The first kappa shape index (κ1) is 20.6. The highest BCUT2D eigenvalue weighted by molar-refractivity contribution is 9.10. The number of thiophene rings is 1. The van der Waals surface area contributed by atoms with E-state index in [9.17, 15) is 0 Å². The Morgan fingerprint density at radius 2 is 2.22 bits per heavy atom. The lowest BCUT2D eigenvalue weighted by molar-refractivity contribution is -0.0612. The number of allylic oxidation sites excluding steroid dienone is 1. The maximum Gasteiger partial charge on any atom is 0.144 e. The van der Waals surface area contributed by atoms with E-state index in [1.54, 1.807) is 16.3 Å². The summed E-state index contributed by atoms with van der Waals surface area (Å²) in [6.07, 6.45) is 6.25. The van der Waals surface area contributed by atoms with Crippen LogP contribution in [0.3, 0.4) is 0 Å². The zero-order valence-corrected chi connectivity index (χ0v) is 18.9. The second-order valence-corrected chi connectivity index (χ2v) is 9.82. The molecule has 2 aromatic rings. The number of halogens is 1. The van der Waals surface area contributed by atoms with Crippen molar-refractivity contribution in [2.24, 2.45) is 5.84 Å². The largest absolute Gasteiger partial charge is 0.365 e. The Hall–Kier alpha value is -1.15. The predicted octanol–water partition coefficient (Wildman–Crippen LogP) is 5.72. The average Bonchev–Trinajstić information content (AvgIpc) is 3.02. The lowest BCUT2D eigenvalue weighted by atomic mass is 10.1. The minimum atomic E-state index is -0.0590. The van der Waals surface area contributed by atoms with Crippen molar-refractivity contribution < 1.29 is 4.74 Å². The minimum Gasteiger partial charge on any atom is -0.365 e. The van der Waals surface area contributed by atoms with Gasteiger partial charge in [0.25, 0.3) is 0 Å². The molecule has 0 bridgehead atoms. The highest BCUT2D eigenvalue weighted by Crippen LogP contribution is 2.37. The molecule has 1 atom stereocenters. The monoisotopic (exact) mass is 452 g/mol. The molecule has 0 aromatic carbocycles. The molecule has 27 heavy (non-hydrogen) atoms. The van der Waals surface area contributed by atoms with Crippen LogP contribution in [-0.4, -0.2) is 28.4 Å². The molecule has 1 fully saturated rings.